The third kappa shape index (κ3) is 6.47. The number of hydrogen-bond acceptors (Lipinski definition) is 7. The first-order valence-corrected chi connectivity index (χ1v) is 9.37. The Bertz CT molecular complexity index is 857. The quantitative estimate of drug-likeness (QED) is 0.524. The van der Waals surface area contributed by atoms with E-state index in [2.05, 4.69) is 9.50 Å². The highest BCUT2D eigenvalue weighted by atomic mass is 32.3. The molecule has 10 heteroatoms. The minimum Gasteiger partial charge on any atom is -0.478 e. The number of carbonyl (C=O) groups is 2. The van der Waals surface area contributed by atoms with Gasteiger partial charge in [0.15, 0.2) is 5.75 Å². The fraction of sp³-hybridized carbons (Fsp3) is 0.529. The number of esters is 1. The molecule has 0 aliphatic heterocycles. The van der Waals surface area contributed by atoms with Crippen LogP contribution in [-0.2, 0) is 26.6 Å². The molecule has 27 heavy (non-hydrogen) atoms. The second kappa shape index (κ2) is 8.22. The number of aromatic carboxylic acids is 1. The van der Waals surface area contributed by atoms with Gasteiger partial charge in [0.05, 0.1) is 12.1 Å². The van der Waals surface area contributed by atoms with Gasteiger partial charge in [0.25, 0.3) is 0 Å². The van der Waals surface area contributed by atoms with Gasteiger partial charge >= 0.3 is 22.4 Å². The molecule has 0 aliphatic carbocycles. The van der Waals surface area contributed by atoms with Crippen LogP contribution in [0, 0.1) is 20.8 Å². The topological polar surface area (TPSA) is 119 Å². The van der Waals surface area contributed by atoms with Crippen molar-refractivity contribution in [1.82, 2.24) is 5.32 Å². The summed E-state index contributed by atoms with van der Waals surface area (Å²) >= 11 is 0. The van der Waals surface area contributed by atoms with E-state index in [0.29, 0.717) is 11.1 Å². The predicted octanol–water partition coefficient (Wildman–Crippen LogP) is 2.33. The van der Waals surface area contributed by atoms with Gasteiger partial charge in [-0.25, -0.2) is 4.79 Å². The highest BCUT2D eigenvalue weighted by Crippen LogP contribution is 2.34. The number of carboxylic acid groups (broad SMARTS) is 1. The number of carbonyl (C=O) groups excluding carboxylic acids is 1. The number of carboxylic acids is 1. The number of nitrogens with one attached hydrogen (secondary N) is 1. The molecule has 1 aromatic carbocycles. The zero-order valence-electron chi connectivity index (χ0n) is 16.1. The fourth-order valence-corrected chi connectivity index (χ4v) is 3.17. The van der Waals surface area contributed by atoms with Crippen LogP contribution in [-0.4, -0.2) is 37.6 Å². The Balaban J connectivity index is 3.22. The minimum absolute atomic E-state index is 0.00498. The van der Waals surface area contributed by atoms with Crippen LogP contribution in [0.25, 0.3) is 0 Å². The molecular formula is C17H24FNO7S. The zero-order chi connectivity index (χ0) is 21.2. The Morgan fingerprint density at radius 2 is 1.67 bits per heavy atom. The number of ether oxygens (including phenoxy) is 1. The van der Waals surface area contributed by atoms with Crippen LogP contribution < -0.4 is 9.50 Å². The highest BCUT2D eigenvalue weighted by Gasteiger charge is 2.25. The maximum absolute atomic E-state index is 13.0. The van der Waals surface area contributed by atoms with E-state index in [-0.39, 0.29) is 35.5 Å². The molecule has 0 saturated heterocycles. The highest BCUT2D eigenvalue weighted by molar-refractivity contribution is 7.81. The molecule has 0 aromatic heterocycles. The molecule has 0 spiro atoms. The van der Waals surface area contributed by atoms with E-state index in [1.165, 1.54) is 13.8 Å². The fourth-order valence-electron chi connectivity index (χ4n) is 2.72. The number of rotatable bonds is 7. The summed E-state index contributed by atoms with van der Waals surface area (Å²) in [5.41, 5.74) is 0.162. The smallest absolute Gasteiger partial charge is 0.478 e. The van der Waals surface area contributed by atoms with Gasteiger partial charge < -0.3 is 19.3 Å². The molecule has 1 rings (SSSR count). The number of benzene rings is 1. The third-order valence-corrected chi connectivity index (χ3v) is 4.09. The summed E-state index contributed by atoms with van der Waals surface area (Å²) in [5, 5.41) is 12.2. The van der Waals surface area contributed by atoms with Crippen molar-refractivity contribution in [2.24, 2.45) is 0 Å². The van der Waals surface area contributed by atoms with Gasteiger partial charge in [-0.2, -0.15) is 8.42 Å². The van der Waals surface area contributed by atoms with Gasteiger partial charge in [0, 0.05) is 12.1 Å². The lowest BCUT2D eigenvalue weighted by molar-refractivity contribution is -0.153. The van der Waals surface area contributed by atoms with E-state index in [0.717, 1.165) is 0 Å². The van der Waals surface area contributed by atoms with Crippen molar-refractivity contribution in [1.29, 1.82) is 0 Å². The predicted molar refractivity (Wildman–Crippen MR) is 95.8 cm³/mol. The van der Waals surface area contributed by atoms with Crippen LogP contribution in [0.4, 0.5) is 3.89 Å². The van der Waals surface area contributed by atoms with Crippen molar-refractivity contribution < 1.29 is 35.9 Å². The first-order valence-electron chi connectivity index (χ1n) is 8.06. The maximum Gasteiger partial charge on any atom is 0.488 e. The molecule has 0 bridgehead atoms. The molecule has 152 valence electrons. The van der Waals surface area contributed by atoms with Crippen molar-refractivity contribution >= 4 is 22.4 Å². The lowest BCUT2D eigenvalue weighted by atomic mass is 9.92. The van der Waals surface area contributed by atoms with E-state index < -0.39 is 28.0 Å². The molecular weight excluding hydrogens is 381 g/mol. The van der Waals surface area contributed by atoms with Crippen LogP contribution in [0.3, 0.4) is 0 Å². The first-order chi connectivity index (χ1) is 12.1. The maximum atomic E-state index is 13.0. The summed E-state index contributed by atoms with van der Waals surface area (Å²) in [6.07, 6.45) is 0. The summed E-state index contributed by atoms with van der Waals surface area (Å²) in [6.45, 7) is 9.41. The summed E-state index contributed by atoms with van der Waals surface area (Å²) in [5.74, 6) is -2.19. The number of hydrogen-bond donors (Lipinski definition) is 2. The van der Waals surface area contributed by atoms with Crippen LogP contribution in [0.1, 0.15) is 53.4 Å². The Morgan fingerprint density at radius 3 is 2.11 bits per heavy atom. The van der Waals surface area contributed by atoms with Gasteiger partial charge in [-0.15, -0.1) is 0 Å². The monoisotopic (exact) mass is 405 g/mol. The Hall–Kier alpha value is -2.20. The van der Waals surface area contributed by atoms with Crippen molar-refractivity contribution in [3.8, 4) is 5.75 Å². The van der Waals surface area contributed by atoms with Gasteiger partial charge in [0.2, 0.25) is 0 Å². The lowest BCUT2D eigenvalue weighted by Gasteiger charge is -2.21. The number of halogens is 1. The van der Waals surface area contributed by atoms with E-state index >= 15 is 0 Å². The van der Waals surface area contributed by atoms with Gasteiger partial charge in [0.1, 0.15) is 5.60 Å². The average Bonchev–Trinajstić information content (AvgIpc) is 2.44. The molecule has 0 saturated carbocycles. The van der Waals surface area contributed by atoms with Crippen molar-refractivity contribution in [3.63, 3.8) is 0 Å². The standard InChI is InChI=1S/C17H24FNO7S/c1-9-12(7-19-8-13(20)25-17(4,5)6)10(2)15(26-27(18,23)24)11(3)14(9)16(21)22/h19H,7-8H2,1-6H3,(H,21,22). The van der Waals surface area contributed by atoms with Crippen molar-refractivity contribution in [3.05, 3.63) is 27.8 Å². The summed E-state index contributed by atoms with van der Waals surface area (Å²) in [7, 11) is -5.34. The van der Waals surface area contributed by atoms with Crippen LogP contribution >= 0.6 is 0 Å². The van der Waals surface area contributed by atoms with E-state index in [1.54, 1.807) is 27.7 Å². The van der Waals surface area contributed by atoms with Crippen LogP contribution in [0.15, 0.2) is 0 Å². The van der Waals surface area contributed by atoms with E-state index in [1.807, 2.05) is 0 Å². The van der Waals surface area contributed by atoms with Crippen molar-refractivity contribution in [2.75, 3.05) is 6.54 Å². The largest absolute Gasteiger partial charge is 0.488 e. The molecule has 2 N–H and O–H groups in total. The summed E-state index contributed by atoms with van der Waals surface area (Å²) in [6, 6.07) is 0. The van der Waals surface area contributed by atoms with Crippen LogP contribution in [0.2, 0.25) is 0 Å². The minimum atomic E-state index is -5.34. The van der Waals surface area contributed by atoms with E-state index in [9.17, 15) is 27.0 Å². The van der Waals surface area contributed by atoms with Crippen molar-refractivity contribution in [2.45, 2.75) is 53.7 Å². The molecule has 0 atom stereocenters. The summed E-state index contributed by atoms with van der Waals surface area (Å²) in [4.78, 5) is 23.3. The Morgan fingerprint density at radius 1 is 1.11 bits per heavy atom. The molecule has 0 aliphatic rings. The molecule has 0 heterocycles. The Labute approximate surface area is 158 Å². The summed E-state index contributed by atoms with van der Waals surface area (Å²) < 4.78 is 44.4. The molecule has 8 nitrogen and oxygen atoms in total. The molecule has 0 unspecified atom stereocenters. The van der Waals surface area contributed by atoms with Crippen LogP contribution in [0.5, 0.6) is 5.75 Å². The van der Waals surface area contributed by atoms with Gasteiger partial charge in [-0.05, 0) is 58.2 Å². The first kappa shape index (κ1) is 22.8. The molecule has 0 fully saturated rings. The third-order valence-electron chi connectivity index (χ3n) is 3.72. The van der Waals surface area contributed by atoms with E-state index in [4.69, 9.17) is 4.74 Å². The Kier molecular flexibility index (Phi) is 6.95. The second-order valence-corrected chi connectivity index (χ2v) is 7.98. The normalized spacial score (nSPS) is 12.0. The lowest BCUT2D eigenvalue weighted by Crippen LogP contribution is -2.31. The average molecular weight is 405 g/mol. The zero-order valence-corrected chi connectivity index (χ0v) is 16.9. The van der Waals surface area contributed by atoms with Gasteiger partial charge in [-0.3, -0.25) is 4.79 Å². The second-order valence-electron chi connectivity index (χ2n) is 7.03. The molecule has 0 radical (unpaired) electrons. The SMILES string of the molecule is Cc1c(CNCC(=O)OC(C)(C)C)c(C)c(C(=O)O)c(C)c1OS(=O)(=O)F. The van der Waals surface area contributed by atoms with Gasteiger partial charge in [-0.1, -0.05) is 3.89 Å². The molecule has 0 amide bonds. The molecule has 1 aromatic rings.